The maximum atomic E-state index is 6.10. The van der Waals surface area contributed by atoms with Gasteiger partial charge in [-0.2, -0.15) is 5.10 Å². The van der Waals surface area contributed by atoms with Crippen molar-refractivity contribution in [2.24, 2.45) is 0 Å². The van der Waals surface area contributed by atoms with E-state index in [-0.39, 0.29) is 0 Å². The van der Waals surface area contributed by atoms with Crippen molar-refractivity contribution >= 4 is 17.4 Å². The molecule has 7 heteroatoms. The predicted molar refractivity (Wildman–Crippen MR) is 87.8 cm³/mol. The predicted octanol–water partition coefficient (Wildman–Crippen LogP) is 2.40. The van der Waals surface area contributed by atoms with Gasteiger partial charge in [-0.05, 0) is 17.2 Å². The molecule has 4 rings (SSSR count). The minimum absolute atomic E-state index is 0.513. The molecule has 116 valence electrons. The van der Waals surface area contributed by atoms with E-state index in [9.17, 15) is 0 Å². The Kier molecular flexibility index (Phi) is 3.69. The summed E-state index contributed by atoms with van der Waals surface area (Å²) in [5, 5.41) is 6.74. The van der Waals surface area contributed by atoms with Crippen LogP contribution in [0, 0.1) is 0 Å². The topological polar surface area (TPSA) is 58.9 Å². The molecule has 0 spiro atoms. The molecule has 0 fully saturated rings. The van der Waals surface area contributed by atoms with Crippen LogP contribution in [0.1, 0.15) is 16.7 Å². The van der Waals surface area contributed by atoms with Gasteiger partial charge in [0.05, 0.1) is 13.1 Å². The molecule has 1 aliphatic heterocycles. The first-order valence-electron chi connectivity index (χ1n) is 7.35. The van der Waals surface area contributed by atoms with Crippen molar-refractivity contribution in [3.8, 4) is 0 Å². The Morgan fingerprint density at radius 2 is 1.87 bits per heavy atom. The molecule has 0 atom stereocenters. The lowest BCUT2D eigenvalue weighted by Gasteiger charge is -2.18. The molecule has 23 heavy (non-hydrogen) atoms. The number of anilines is 1. The van der Waals surface area contributed by atoms with Gasteiger partial charge in [0.15, 0.2) is 5.82 Å². The molecular weight excluding hydrogens is 312 g/mol. The summed E-state index contributed by atoms with van der Waals surface area (Å²) in [6.45, 7) is 2.16. The van der Waals surface area contributed by atoms with Gasteiger partial charge in [0.25, 0.3) is 0 Å². The fourth-order valence-electron chi connectivity index (χ4n) is 2.66. The summed E-state index contributed by atoms with van der Waals surface area (Å²) in [7, 11) is 0. The van der Waals surface area contributed by atoms with Crippen LogP contribution in [-0.4, -0.2) is 19.7 Å². The van der Waals surface area contributed by atoms with E-state index in [0.717, 1.165) is 24.5 Å². The van der Waals surface area contributed by atoms with Crippen LogP contribution >= 0.6 is 11.6 Å². The van der Waals surface area contributed by atoms with E-state index in [1.165, 1.54) is 17.5 Å². The largest absolute Gasteiger partial charge is 0.287 e. The van der Waals surface area contributed by atoms with Gasteiger partial charge in [0.2, 0.25) is 0 Å². The molecule has 0 saturated carbocycles. The second-order valence-corrected chi connectivity index (χ2v) is 5.77. The highest BCUT2D eigenvalue weighted by molar-refractivity contribution is 6.30. The van der Waals surface area contributed by atoms with Crippen molar-refractivity contribution < 1.29 is 0 Å². The number of rotatable bonds is 4. The van der Waals surface area contributed by atoms with E-state index >= 15 is 0 Å². The van der Waals surface area contributed by atoms with Crippen LogP contribution in [-0.2, 0) is 19.6 Å². The van der Waals surface area contributed by atoms with Gasteiger partial charge in [-0.1, -0.05) is 35.9 Å². The first-order chi connectivity index (χ1) is 11.3. The van der Waals surface area contributed by atoms with Crippen LogP contribution < -0.4 is 10.4 Å². The van der Waals surface area contributed by atoms with Crippen molar-refractivity contribution in [2.45, 2.75) is 19.6 Å². The first-order valence-corrected chi connectivity index (χ1v) is 7.73. The van der Waals surface area contributed by atoms with Gasteiger partial charge in [-0.15, -0.1) is 0 Å². The Labute approximate surface area is 138 Å². The Morgan fingerprint density at radius 3 is 2.61 bits per heavy atom. The third kappa shape index (κ3) is 2.91. The van der Waals surface area contributed by atoms with Gasteiger partial charge in [-0.25, -0.2) is 15.4 Å². The summed E-state index contributed by atoms with van der Waals surface area (Å²) in [5.74, 6) is 0.852. The molecule has 6 nitrogen and oxygen atoms in total. The van der Waals surface area contributed by atoms with Gasteiger partial charge >= 0.3 is 0 Å². The third-order valence-corrected chi connectivity index (χ3v) is 4.17. The lowest BCUT2D eigenvalue weighted by atomic mass is 10.1. The normalized spacial score (nSPS) is 13.3. The number of nitrogens with zero attached hydrogens (tertiary/aromatic N) is 5. The number of benzene rings is 1. The van der Waals surface area contributed by atoms with E-state index < -0.39 is 0 Å². The number of hydrogen-bond donors (Lipinski definition) is 1. The van der Waals surface area contributed by atoms with Gasteiger partial charge in [0, 0.05) is 24.5 Å². The number of halogens is 1. The molecule has 0 unspecified atom stereocenters. The smallest absolute Gasteiger partial charge is 0.152 e. The number of fused-ring (bicyclic) bond motifs is 1. The van der Waals surface area contributed by atoms with Gasteiger partial charge < -0.3 is 0 Å². The van der Waals surface area contributed by atoms with E-state index in [1.54, 1.807) is 6.20 Å². The van der Waals surface area contributed by atoms with Gasteiger partial charge in [-0.3, -0.25) is 9.69 Å². The monoisotopic (exact) mass is 326 g/mol. The van der Waals surface area contributed by atoms with E-state index in [4.69, 9.17) is 11.6 Å². The second kappa shape index (κ2) is 5.98. The van der Waals surface area contributed by atoms with Crippen LogP contribution in [0.5, 0.6) is 0 Å². The molecule has 3 aromatic rings. The number of aromatic nitrogens is 4. The molecule has 1 N–H and O–H groups in total. The molecule has 1 aromatic carbocycles. The molecule has 0 aliphatic carbocycles. The van der Waals surface area contributed by atoms with Crippen molar-refractivity contribution in [3.05, 3.63) is 70.9 Å². The molecule has 1 aliphatic rings. The molecule has 0 saturated heterocycles. The van der Waals surface area contributed by atoms with Crippen LogP contribution in [0.4, 0.5) is 5.82 Å². The van der Waals surface area contributed by atoms with Crippen LogP contribution in [0.3, 0.4) is 0 Å². The van der Waals surface area contributed by atoms with Crippen LogP contribution in [0.25, 0.3) is 0 Å². The molecule has 3 heterocycles. The minimum Gasteiger partial charge on any atom is -0.287 e. The summed E-state index contributed by atoms with van der Waals surface area (Å²) < 4.78 is 1.91. The molecule has 0 amide bonds. The summed E-state index contributed by atoms with van der Waals surface area (Å²) in [5.41, 5.74) is 6.66. The zero-order valence-corrected chi connectivity index (χ0v) is 13.1. The molecular formula is C16H15ClN6. The fraction of sp³-hybridized carbons (Fsp3) is 0.188. The Morgan fingerprint density at radius 1 is 1.09 bits per heavy atom. The maximum absolute atomic E-state index is 6.10. The zero-order chi connectivity index (χ0) is 15.6. The number of nitrogens with one attached hydrogen (secondary N) is 1. The average Bonchev–Trinajstić information content (AvgIpc) is 3.20. The lowest BCUT2D eigenvalue weighted by Crippen LogP contribution is -2.31. The highest BCUT2D eigenvalue weighted by Crippen LogP contribution is 2.28. The summed E-state index contributed by atoms with van der Waals surface area (Å²) in [4.78, 5) is 8.34. The van der Waals surface area contributed by atoms with E-state index in [1.807, 2.05) is 22.0 Å². The van der Waals surface area contributed by atoms with Gasteiger partial charge in [0.1, 0.15) is 11.5 Å². The Balaban J connectivity index is 1.47. The van der Waals surface area contributed by atoms with Crippen LogP contribution in [0.2, 0.25) is 5.15 Å². The lowest BCUT2D eigenvalue weighted by molar-refractivity contribution is 0.661. The fourth-order valence-corrected chi connectivity index (χ4v) is 2.86. The quantitative estimate of drug-likeness (QED) is 0.746. The summed E-state index contributed by atoms with van der Waals surface area (Å²) >= 11 is 6.10. The Hall–Kier alpha value is -2.44. The Bertz CT molecular complexity index is 800. The van der Waals surface area contributed by atoms with Crippen LogP contribution in [0.15, 0.2) is 49.1 Å². The highest BCUT2D eigenvalue weighted by atomic mass is 35.5. The average molecular weight is 327 g/mol. The molecule has 0 bridgehead atoms. The van der Waals surface area contributed by atoms with E-state index in [2.05, 4.69) is 44.8 Å². The summed E-state index contributed by atoms with van der Waals surface area (Å²) in [6, 6.07) is 10.4. The number of hydrogen-bond acceptors (Lipinski definition) is 5. The maximum Gasteiger partial charge on any atom is 0.152 e. The standard InChI is InChI=1S/C16H15ClN6/c17-15-14-8-21-23(16(14)19-11-18-15)10-13-4-2-12(3-5-13)9-22-7-1-6-20-22/h1-7,11,21H,8-10H2. The van der Waals surface area contributed by atoms with Crippen molar-refractivity contribution in [2.75, 3.05) is 5.01 Å². The van der Waals surface area contributed by atoms with Crippen molar-refractivity contribution in [1.29, 1.82) is 0 Å². The second-order valence-electron chi connectivity index (χ2n) is 5.41. The summed E-state index contributed by atoms with van der Waals surface area (Å²) in [6.07, 6.45) is 5.24. The minimum atomic E-state index is 0.513. The first kappa shape index (κ1) is 14.2. The zero-order valence-electron chi connectivity index (χ0n) is 12.4. The van der Waals surface area contributed by atoms with Crippen molar-refractivity contribution in [3.63, 3.8) is 0 Å². The number of hydrazine groups is 1. The SMILES string of the molecule is Clc1ncnc2c1CNN2Cc1ccc(Cn2cccn2)cc1. The molecule has 2 aromatic heterocycles. The highest BCUT2D eigenvalue weighted by Gasteiger charge is 2.23. The van der Waals surface area contributed by atoms with E-state index in [0.29, 0.717) is 11.7 Å². The third-order valence-electron chi connectivity index (χ3n) is 3.84. The molecule has 0 radical (unpaired) electrons. The van der Waals surface area contributed by atoms with Crippen molar-refractivity contribution in [1.82, 2.24) is 25.2 Å².